The molecule has 47 heavy (non-hydrogen) atoms. The van der Waals surface area contributed by atoms with Crippen molar-refractivity contribution >= 4 is 11.6 Å². The number of aryl methyl sites for hydroxylation is 1. The number of hydrogen-bond acceptors (Lipinski definition) is 5. The zero-order valence-corrected chi connectivity index (χ0v) is 28.7. The zero-order valence-electron chi connectivity index (χ0n) is 28.7. The van der Waals surface area contributed by atoms with Gasteiger partial charge in [-0.3, -0.25) is 14.7 Å². The molecule has 0 N–H and O–H groups in total. The normalized spacial score (nSPS) is 17.7. The van der Waals surface area contributed by atoms with E-state index in [2.05, 4.69) is 77.7 Å². The van der Waals surface area contributed by atoms with Crippen molar-refractivity contribution in [1.29, 1.82) is 0 Å². The third-order valence-corrected chi connectivity index (χ3v) is 10.4. The molecule has 0 radical (unpaired) electrons. The highest BCUT2D eigenvalue weighted by Crippen LogP contribution is 2.43. The molecule has 2 fully saturated rings. The second-order valence-corrected chi connectivity index (χ2v) is 13.7. The van der Waals surface area contributed by atoms with Gasteiger partial charge in [-0.2, -0.15) is 0 Å². The summed E-state index contributed by atoms with van der Waals surface area (Å²) in [5.74, 6) is 0.360. The molecule has 1 saturated heterocycles. The Morgan fingerprint density at radius 3 is 2.51 bits per heavy atom. The van der Waals surface area contributed by atoms with Gasteiger partial charge in [0.1, 0.15) is 0 Å². The van der Waals surface area contributed by atoms with Gasteiger partial charge < -0.3 is 14.2 Å². The molecule has 0 spiro atoms. The molecule has 1 amide bonds. The molecule has 0 bridgehead atoms. The number of furan rings is 1. The minimum Gasteiger partial charge on any atom is -0.459 e. The van der Waals surface area contributed by atoms with Gasteiger partial charge in [0.2, 0.25) is 0 Å². The Hall–Kier alpha value is -3.74. The first-order valence-electron chi connectivity index (χ1n) is 17.7. The first-order chi connectivity index (χ1) is 23.0. The lowest BCUT2D eigenvalue weighted by molar-refractivity contribution is 0.0901. The molecule has 6 heteroatoms. The third kappa shape index (κ3) is 9.88. The molecule has 1 aliphatic heterocycles. The third-order valence-electron chi connectivity index (χ3n) is 10.4. The summed E-state index contributed by atoms with van der Waals surface area (Å²) in [6, 6.07) is 16.3. The number of piperidine rings is 1. The van der Waals surface area contributed by atoms with Crippen LogP contribution in [0.15, 0.2) is 108 Å². The van der Waals surface area contributed by atoms with Crippen molar-refractivity contribution in [3.05, 3.63) is 121 Å². The van der Waals surface area contributed by atoms with Crippen molar-refractivity contribution in [3.63, 3.8) is 0 Å². The summed E-state index contributed by atoms with van der Waals surface area (Å²) in [4.78, 5) is 25.3. The minimum absolute atomic E-state index is 0.0460. The Morgan fingerprint density at radius 1 is 1.06 bits per heavy atom. The lowest BCUT2D eigenvalue weighted by atomic mass is 9.69. The summed E-state index contributed by atoms with van der Waals surface area (Å²) in [7, 11) is 0. The van der Waals surface area contributed by atoms with E-state index in [0.29, 0.717) is 11.2 Å². The number of hydrogen-bond donors (Lipinski definition) is 0. The first-order valence-corrected chi connectivity index (χ1v) is 17.7. The fourth-order valence-corrected chi connectivity index (χ4v) is 7.49. The Kier molecular flexibility index (Phi) is 12.8. The van der Waals surface area contributed by atoms with Gasteiger partial charge in [-0.1, -0.05) is 73.9 Å². The van der Waals surface area contributed by atoms with Crippen molar-refractivity contribution in [2.24, 2.45) is 5.41 Å². The van der Waals surface area contributed by atoms with E-state index >= 15 is 0 Å². The fourth-order valence-electron chi connectivity index (χ4n) is 7.49. The standard InChI is InChI=1S/C41H54N4O2/c1-4-6-12-35(5-2)32-44(33-36-13-10-25-42-31-36)29-24-41(21-8-7-9-22-41)23-28-43-26-19-38(20-27-43)45(37-17-15-34(3)16-18-37)40(46)39-14-11-30-47-39/h4-6,10-18,25,30-31,38H,1,7-9,19-24,26-29,32-33H2,2-3H3/b12-6-,35-5+. The summed E-state index contributed by atoms with van der Waals surface area (Å²) in [6.45, 7) is 14.2. The molecular formula is C41H54N4O2. The molecule has 2 aliphatic rings. The van der Waals surface area contributed by atoms with Crippen molar-refractivity contribution in [3.8, 4) is 0 Å². The van der Waals surface area contributed by atoms with Gasteiger partial charge in [0, 0.05) is 50.3 Å². The molecule has 1 aromatic carbocycles. The maximum Gasteiger partial charge on any atom is 0.294 e. The van der Waals surface area contributed by atoms with Gasteiger partial charge in [-0.05, 0) is 112 Å². The molecule has 3 heterocycles. The van der Waals surface area contributed by atoms with Crippen LogP contribution in [0.2, 0.25) is 0 Å². The second-order valence-electron chi connectivity index (χ2n) is 13.7. The monoisotopic (exact) mass is 634 g/mol. The van der Waals surface area contributed by atoms with E-state index in [1.807, 2.05) is 35.5 Å². The minimum atomic E-state index is -0.0460. The largest absolute Gasteiger partial charge is 0.459 e. The maximum absolute atomic E-state index is 13.6. The lowest BCUT2D eigenvalue weighted by Gasteiger charge is -2.42. The Labute approximate surface area is 282 Å². The van der Waals surface area contributed by atoms with Gasteiger partial charge in [-0.25, -0.2) is 0 Å². The van der Waals surface area contributed by atoms with E-state index < -0.39 is 0 Å². The highest BCUT2D eigenvalue weighted by molar-refractivity contribution is 6.04. The Balaban J connectivity index is 1.21. The van der Waals surface area contributed by atoms with Crippen molar-refractivity contribution in [2.45, 2.75) is 84.2 Å². The number of aromatic nitrogens is 1. The Bertz CT molecular complexity index is 1430. The van der Waals surface area contributed by atoms with Crippen molar-refractivity contribution in [1.82, 2.24) is 14.8 Å². The smallest absolute Gasteiger partial charge is 0.294 e. The Morgan fingerprint density at radius 2 is 1.85 bits per heavy atom. The number of allylic oxidation sites excluding steroid dienone is 3. The van der Waals surface area contributed by atoms with E-state index in [9.17, 15) is 4.79 Å². The number of anilines is 1. The summed E-state index contributed by atoms with van der Waals surface area (Å²) in [6.07, 6.45) is 24.9. The van der Waals surface area contributed by atoms with Crippen LogP contribution in [0.1, 0.15) is 86.4 Å². The van der Waals surface area contributed by atoms with Crippen LogP contribution in [-0.4, -0.2) is 59.5 Å². The lowest BCUT2D eigenvalue weighted by Crippen LogP contribution is -2.48. The summed E-state index contributed by atoms with van der Waals surface area (Å²) < 4.78 is 5.55. The quantitative estimate of drug-likeness (QED) is 0.156. The highest BCUT2D eigenvalue weighted by Gasteiger charge is 2.35. The number of amides is 1. The summed E-state index contributed by atoms with van der Waals surface area (Å²) >= 11 is 0. The van der Waals surface area contributed by atoms with Crippen molar-refractivity contribution in [2.75, 3.05) is 37.6 Å². The molecule has 0 atom stereocenters. The topological polar surface area (TPSA) is 52.8 Å². The fraction of sp³-hybridized carbons (Fsp3) is 0.463. The van der Waals surface area contributed by atoms with Crippen LogP contribution in [0.3, 0.4) is 0 Å². The van der Waals surface area contributed by atoms with Gasteiger partial charge >= 0.3 is 0 Å². The number of carbonyl (C=O) groups is 1. The average molecular weight is 635 g/mol. The van der Waals surface area contributed by atoms with E-state index in [1.165, 1.54) is 61.6 Å². The predicted octanol–water partition coefficient (Wildman–Crippen LogP) is 9.02. The molecule has 1 saturated carbocycles. The SMILES string of the molecule is C=C/C=C\C(=C/C)CN(CCC1(CCN2CCC(N(C(=O)c3ccco3)c3ccc(C)cc3)CC2)CCCCC1)Cc1cccnc1. The van der Waals surface area contributed by atoms with E-state index in [-0.39, 0.29) is 11.9 Å². The molecule has 1 aliphatic carbocycles. The first kappa shape index (κ1) is 34.6. The average Bonchev–Trinajstić information content (AvgIpc) is 3.66. The number of pyridine rings is 1. The summed E-state index contributed by atoms with van der Waals surface area (Å²) in [5, 5.41) is 0. The van der Waals surface area contributed by atoms with Crippen molar-refractivity contribution < 1.29 is 9.21 Å². The van der Waals surface area contributed by atoms with Gasteiger partial charge in [-0.15, -0.1) is 0 Å². The molecule has 5 rings (SSSR count). The predicted molar refractivity (Wildman–Crippen MR) is 194 cm³/mol. The van der Waals surface area contributed by atoms with E-state index in [1.54, 1.807) is 18.4 Å². The zero-order chi connectivity index (χ0) is 32.9. The number of nitrogens with zero attached hydrogens (tertiary/aromatic N) is 4. The number of rotatable bonds is 15. The molecule has 250 valence electrons. The number of likely N-dealkylation sites (tertiary alicyclic amines) is 1. The molecule has 3 aromatic rings. The van der Waals surface area contributed by atoms with Crippen LogP contribution in [0.25, 0.3) is 0 Å². The molecular weight excluding hydrogens is 580 g/mol. The van der Waals surface area contributed by atoms with E-state index in [4.69, 9.17) is 4.42 Å². The van der Waals surface area contributed by atoms with Crippen LogP contribution in [-0.2, 0) is 6.54 Å². The maximum atomic E-state index is 13.6. The van der Waals surface area contributed by atoms with Crippen LogP contribution >= 0.6 is 0 Å². The van der Waals surface area contributed by atoms with Gasteiger partial charge in [0.25, 0.3) is 5.91 Å². The molecule has 2 aromatic heterocycles. The van der Waals surface area contributed by atoms with E-state index in [0.717, 1.165) is 57.8 Å². The number of benzene rings is 1. The molecule has 0 unspecified atom stereocenters. The van der Waals surface area contributed by atoms with Crippen LogP contribution in [0.5, 0.6) is 0 Å². The highest BCUT2D eigenvalue weighted by atomic mass is 16.3. The second kappa shape index (κ2) is 17.4. The van der Waals surface area contributed by atoms with Crippen LogP contribution in [0.4, 0.5) is 5.69 Å². The van der Waals surface area contributed by atoms with Gasteiger partial charge in [0.15, 0.2) is 5.76 Å². The van der Waals surface area contributed by atoms with Crippen LogP contribution < -0.4 is 4.90 Å². The van der Waals surface area contributed by atoms with Crippen LogP contribution in [0, 0.1) is 12.3 Å². The van der Waals surface area contributed by atoms with Gasteiger partial charge in [0.05, 0.1) is 6.26 Å². The number of carbonyl (C=O) groups excluding carboxylic acids is 1. The molecule has 6 nitrogen and oxygen atoms in total. The summed E-state index contributed by atoms with van der Waals surface area (Å²) in [5.41, 5.74) is 5.12.